The predicted octanol–water partition coefficient (Wildman–Crippen LogP) is 2.83. The van der Waals surface area contributed by atoms with Gasteiger partial charge in [-0.25, -0.2) is 4.39 Å². The van der Waals surface area contributed by atoms with Crippen molar-refractivity contribution >= 4 is 11.9 Å². The summed E-state index contributed by atoms with van der Waals surface area (Å²) < 4.78 is 18.8. The Kier molecular flexibility index (Phi) is 5.83. The van der Waals surface area contributed by atoms with Gasteiger partial charge in [-0.2, -0.15) is 4.98 Å². The van der Waals surface area contributed by atoms with Crippen LogP contribution in [0.4, 0.5) is 4.39 Å². The van der Waals surface area contributed by atoms with Crippen LogP contribution in [0.2, 0.25) is 0 Å². The molecule has 1 aliphatic heterocycles. The number of carboxylic acid groups (broad SMARTS) is 1. The number of hydrogen-bond donors (Lipinski definition) is 1. The lowest BCUT2D eigenvalue weighted by atomic mass is 9.93. The quantitative estimate of drug-likeness (QED) is 0.834. The molecule has 7 nitrogen and oxygen atoms in total. The van der Waals surface area contributed by atoms with Gasteiger partial charge in [-0.15, -0.1) is 0 Å². The second kappa shape index (κ2) is 8.28. The van der Waals surface area contributed by atoms with Gasteiger partial charge in [0, 0.05) is 37.9 Å². The van der Waals surface area contributed by atoms with E-state index in [1.165, 1.54) is 6.07 Å². The normalized spacial score (nSPS) is 15.1. The molecule has 8 heteroatoms. The van der Waals surface area contributed by atoms with Crippen molar-refractivity contribution in [2.75, 3.05) is 13.1 Å². The highest BCUT2D eigenvalue weighted by Crippen LogP contribution is 2.22. The highest BCUT2D eigenvalue weighted by molar-refractivity contribution is 5.76. The van der Waals surface area contributed by atoms with Crippen LogP contribution >= 0.6 is 0 Å². The number of likely N-dealkylation sites (tertiary alicyclic amines) is 1. The van der Waals surface area contributed by atoms with Crippen LogP contribution in [0.3, 0.4) is 0 Å². The topological polar surface area (TPSA) is 96.5 Å². The molecule has 0 bridgehead atoms. The Morgan fingerprint density at radius 2 is 2.07 bits per heavy atom. The highest BCUT2D eigenvalue weighted by Gasteiger charge is 2.24. The summed E-state index contributed by atoms with van der Waals surface area (Å²) >= 11 is 0. The first-order chi connectivity index (χ1) is 12.9. The minimum Gasteiger partial charge on any atom is -0.481 e. The molecule has 0 aliphatic carbocycles. The molecular formula is C19H22FN3O4. The number of aryl methyl sites for hydroxylation is 2. The number of benzene rings is 1. The van der Waals surface area contributed by atoms with Crippen molar-refractivity contribution in [2.45, 2.75) is 39.0 Å². The zero-order valence-corrected chi connectivity index (χ0v) is 15.2. The molecule has 0 saturated carbocycles. The van der Waals surface area contributed by atoms with Crippen LogP contribution in [-0.4, -0.2) is 45.1 Å². The number of amides is 1. The molecule has 0 radical (unpaired) electrons. The van der Waals surface area contributed by atoms with E-state index in [4.69, 9.17) is 9.63 Å². The van der Waals surface area contributed by atoms with Gasteiger partial charge in [-0.3, -0.25) is 9.59 Å². The molecule has 0 spiro atoms. The molecule has 3 rings (SSSR count). The lowest BCUT2D eigenvalue weighted by Crippen LogP contribution is -2.39. The molecule has 0 atom stereocenters. The van der Waals surface area contributed by atoms with E-state index in [1.807, 2.05) is 0 Å². The van der Waals surface area contributed by atoms with Gasteiger partial charge in [-0.05, 0) is 37.3 Å². The summed E-state index contributed by atoms with van der Waals surface area (Å²) in [6, 6.07) is 4.73. The Hall–Kier alpha value is -2.77. The lowest BCUT2D eigenvalue weighted by Gasteiger charge is -2.31. The van der Waals surface area contributed by atoms with Crippen LogP contribution in [0.25, 0.3) is 11.4 Å². The van der Waals surface area contributed by atoms with Crippen molar-refractivity contribution in [3.8, 4) is 11.4 Å². The fraction of sp³-hybridized carbons (Fsp3) is 0.474. The summed E-state index contributed by atoms with van der Waals surface area (Å²) in [5.74, 6) is -0.364. The molecule has 1 aliphatic rings. The van der Waals surface area contributed by atoms with Crippen LogP contribution in [0.5, 0.6) is 0 Å². The fourth-order valence-corrected chi connectivity index (χ4v) is 3.21. The van der Waals surface area contributed by atoms with Gasteiger partial charge in [0.05, 0.1) is 0 Å². The van der Waals surface area contributed by atoms with Crippen LogP contribution < -0.4 is 0 Å². The average molecular weight is 375 g/mol. The third-order valence-electron chi connectivity index (χ3n) is 4.88. The zero-order chi connectivity index (χ0) is 19.4. The largest absolute Gasteiger partial charge is 0.481 e. The first-order valence-electron chi connectivity index (χ1n) is 9.01. The second-order valence-corrected chi connectivity index (χ2v) is 6.90. The minimum absolute atomic E-state index is 0.00935. The second-order valence-electron chi connectivity index (χ2n) is 6.90. The smallest absolute Gasteiger partial charge is 0.303 e. The summed E-state index contributed by atoms with van der Waals surface area (Å²) in [6.45, 7) is 2.83. The molecule has 1 N–H and O–H groups in total. The Bertz CT molecular complexity index is 828. The van der Waals surface area contributed by atoms with Gasteiger partial charge in [0.2, 0.25) is 17.6 Å². The SMILES string of the molecule is Cc1ccc(-c2noc(CCC(=O)N3CCC(CC(=O)O)CC3)n2)cc1F. The maximum Gasteiger partial charge on any atom is 0.303 e. The maximum atomic E-state index is 13.7. The van der Waals surface area contributed by atoms with Crippen molar-refractivity contribution in [2.24, 2.45) is 5.92 Å². The molecule has 2 aromatic rings. The van der Waals surface area contributed by atoms with Crippen molar-refractivity contribution < 1.29 is 23.6 Å². The summed E-state index contributed by atoms with van der Waals surface area (Å²) in [4.78, 5) is 29.1. The first kappa shape index (κ1) is 19.0. The maximum absolute atomic E-state index is 13.7. The number of piperidine rings is 1. The number of halogens is 1. The van der Waals surface area contributed by atoms with Crippen LogP contribution in [0, 0.1) is 18.7 Å². The van der Waals surface area contributed by atoms with E-state index < -0.39 is 5.97 Å². The minimum atomic E-state index is -0.791. The summed E-state index contributed by atoms with van der Waals surface area (Å²) in [5, 5.41) is 12.7. The van der Waals surface area contributed by atoms with Crippen LogP contribution in [0.15, 0.2) is 22.7 Å². The van der Waals surface area contributed by atoms with Gasteiger partial charge in [0.15, 0.2) is 0 Å². The third kappa shape index (κ3) is 4.90. The average Bonchev–Trinajstić information content (AvgIpc) is 3.11. The van der Waals surface area contributed by atoms with E-state index in [9.17, 15) is 14.0 Å². The molecule has 27 heavy (non-hydrogen) atoms. The van der Waals surface area contributed by atoms with Crippen molar-refractivity contribution in [1.29, 1.82) is 0 Å². The molecule has 1 saturated heterocycles. The van der Waals surface area contributed by atoms with E-state index in [0.717, 1.165) is 0 Å². The van der Waals surface area contributed by atoms with Crippen LogP contribution in [0.1, 0.15) is 37.1 Å². The molecule has 2 heterocycles. The van der Waals surface area contributed by atoms with Gasteiger partial charge in [-0.1, -0.05) is 17.3 Å². The summed E-state index contributed by atoms with van der Waals surface area (Å²) in [7, 11) is 0. The molecule has 1 fully saturated rings. The van der Waals surface area contributed by atoms with E-state index in [0.29, 0.717) is 55.2 Å². The molecular weight excluding hydrogens is 353 g/mol. The lowest BCUT2D eigenvalue weighted by molar-refractivity contribution is -0.138. The Balaban J connectivity index is 1.50. The number of aromatic nitrogens is 2. The van der Waals surface area contributed by atoms with Crippen molar-refractivity contribution in [3.05, 3.63) is 35.5 Å². The summed E-state index contributed by atoms with van der Waals surface area (Å²) in [6.07, 6.45) is 2.14. The Morgan fingerprint density at radius 1 is 1.33 bits per heavy atom. The molecule has 0 unspecified atom stereocenters. The van der Waals surface area contributed by atoms with E-state index in [2.05, 4.69) is 10.1 Å². The Labute approximate surface area is 156 Å². The summed E-state index contributed by atoms with van der Waals surface area (Å²) in [5.41, 5.74) is 1.07. The monoisotopic (exact) mass is 375 g/mol. The number of carbonyl (C=O) groups excluding carboxylic acids is 1. The first-order valence-corrected chi connectivity index (χ1v) is 9.01. The van der Waals surface area contributed by atoms with Gasteiger partial charge < -0.3 is 14.5 Å². The zero-order valence-electron chi connectivity index (χ0n) is 15.2. The number of rotatable bonds is 6. The van der Waals surface area contributed by atoms with E-state index >= 15 is 0 Å². The predicted molar refractivity (Wildman–Crippen MR) is 94.3 cm³/mol. The molecule has 1 amide bonds. The van der Waals surface area contributed by atoms with E-state index in [-0.39, 0.29) is 30.5 Å². The highest BCUT2D eigenvalue weighted by atomic mass is 19.1. The fourth-order valence-electron chi connectivity index (χ4n) is 3.21. The van der Waals surface area contributed by atoms with Gasteiger partial charge in [0.25, 0.3) is 0 Å². The number of nitrogens with zero attached hydrogens (tertiary/aromatic N) is 3. The molecule has 1 aromatic carbocycles. The molecule has 1 aromatic heterocycles. The van der Waals surface area contributed by atoms with Crippen molar-refractivity contribution in [3.63, 3.8) is 0 Å². The van der Waals surface area contributed by atoms with Gasteiger partial charge in [0.1, 0.15) is 5.82 Å². The number of carboxylic acids is 1. The number of hydrogen-bond acceptors (Lipinski definition) is 5. The van der Waals surface area contributed by atoms with Crippen LogP contribution in [-0.2, 0) is 16.0 Å². The Morgan fingerprint density at radius 3 is 2.74 bits per heavy atom. The van der Waals surface area contributed by atoms with Crippen molar-refractivity contribution in [1.82, 2.24) is 15.0 Å². The third-order valence-corrected chi connectivity index (χ3v) is 4.88. The molecule has 144 valence electrons. The standard InChI is InChI=1S/C19H22FN3O4/c1-12-2-3-14(11-15(12)20)19-21-16(27-22-19)4-5-17(24)23-8-6-13(7-9-23)10-18(25)26/h2-3,11,13H,4-10H2,1H3,(H,25,26). The number of carbonyl (C=O) groups is 2. The van der Waals surface area contributed by atoms with Gasteiger partial charge >= 0.3 is 5.97 Å². The van der Waals surface area contributed by atoms with E-state index in [1.54, 1.807) is 24.0 Å². The number of aliphatic carboxylic acids is 1.